The van der Waals surface area contributed by atoms with Crippen LogP contribution in [0.5, 0.6) is 0 Å². The van der Waals surface area contributed by atoms with Gasteiger partial charge < -0.3 is 15.7 Å². The number of carbonyl (C=O) groups is 1. The SMILES string of the molecule is CS(=O)c1ccc(CNC(=O)NC(C)(CO)C2CC2)cc1. The molecule has 0 saturated heterocycles. The summed E-state index contributed by atoms with van der Waals surface area (Å²) in [6.07, 6.45) is 3.73. The second-order valence-electron chi connectivity index (χ2n) is 5.76. The van der Waals surface area contributed by atoms with E-state index >= 15 is 0 Å². The van der Waals surface area contributed by atoms with E-state index in [0.29, 0.717) is 12.5 Å². The summed E-state index contributed by atoms with van der Waals surface area (Å²) in [6, 6.07) is 7.02. The maximum absolute atomic E-state index is 11.9. The lowest BCUT2D eigenvalue weighted by Crippen LogP contribution is -2.53. The van der Waals surface area contributed by atoms with Crippen molar-refractivity contribution in [3.63, 3.8) is 0 Å². The first-order valence-corrected chi connectivity index (χ1v) is 8.59. The Hall–Kier alpha value is -1.40. The van der Waals surface area contributed by atoms with E-state index in [1.807, 2.05) is 19.1 Å². The first-order valence-electron chi connectivity index (χ1n) is 7.04. The molecular formula is C15H22N2O3S. The minimum Gasteiger partial charge on any atom is -0.394 e. The van der Waals surface area contributed by atoms with E-state index in [2.05, 4.69) is 10.6 Å². The third-order valence-corrected chi connectivity index (χ3v) is 4.85. The van der Waals surface area contributed by atoms with Crippen molar-refractivity contribution in [3.8, 4) is 0 Å². The van der Waals surface area contributed by atoms with Gasteiger partial charge in [0.05, 0.1) is 12.1 Å². The third-order valence-electron chi connectivity index (χ3n) is 3.91. The zero-order valence-corrected chi connectivity index (χ0v) is 13.2. The van der Waals surface area contributed by atoms with Crippen LogP contribution in [0.4, 0.5) is 4.79 Å². The van der Waals surface area contributed by atoms with E-state index in [4.69, 9.17) is 0 Å². The summed E-state index contributed by atoms with van der Waals surface area (Å²) >= 11 is 0. The molecule has 0 radical (unpaired) electrons. The van der Waals surface area contributed by atoms with Gasteiger partial charge in [-0.2, -0.15) is 0 Å². The monoisotopic (exact) mass is 310 g/mol. The van der Waals surface area contributed by atoms with E-state index < -0.39 is 16.3 Å². The minimum atomic E-state index is -0.990. The molecule has 21 heavy (non-hydrogen) atoms. The molecule has 1 saturated carbocycles. The van der Waals surface area contributed by atoms with Crippen molar-refractivity contribution in [2.75, 3.05) is 12.9 Å². The molecule has 2 atom stereocenters. The molecule has 116 valence electrons. The normalized spacial score (nSPS) is 18.6. The second-order valence-corrected chi connectivity index (χ2v) is 7.14. The Labute approximate surface area is 127 Å². The second kappa shape index (κ2) is 6.58. The summed E-state index contributed by atoms with van der Waals surface area (Å²) in [6.45, 7) is 2.21. The molecule has 2 amide bonds. The van der Waals surface area contributed by atoms with Crippen molar-refractivity contribution in [1.29, 1.82) is 0 Å². The van der Waals surface area contributed by atoms with Crippen molar-refractivity contribution in [2.45, 2.75) is 36.7 Å². The summed E-state index contributed by atoms with van der Waals surface area (Å²) in [5.74, 6) is 0.368. The van der Waals surface area contributed by atoms with Gasteiger partial charge in [-0.3, -0.25) is 4.21 Å². The van der Waals surface area contributed by atoms with E-state index in [1.54, 1.807) is 18.4 Å². The molecule has 3 N–H and O–H groups in total. The average molecular weight is 310 g/mol. The smallest absolute Gasteiger partial charge is 0.315 e. The van der Waals surface area contributed by atoms with Crippen LogP contribution in [0.15, 0.2) is 29.2 Å². The van der Waals surface area contributed by atoms with Gasteiger partial charge in [-0.1, -0.05) is 12.1 Å². The minimum absolute atomic E-state index is 0.0535. The number of nitrogens with one attached hydrogen (secondary N) is 2. The van der Waals surface area contributed by atoms with Crippen LogP contribution < -0.4 is 10.6 Å². The molecule has 0 aliphatic heterocycles. The van der Waals surface area contributed by atoms with Crippen molar-refractivity contribution >= 4 is 16.8 Å². The molecule has 0 aromatic heterocycles. The lowest BCUT2D eigenvalue weighted by atomic mass is 9.97. The summed E-state index contributed by atoms with van der Waals surface area (Å²) in [4.78, 5) is 12.7. The highest BCUT2D eigenvalue weighted by Crippen LogP contribution is 2.39. The molecule has 5 nitrogen and oxygen atoms in total. The lowest BCUT2D eigenvalue weighted by Gasteiger charge is -2.28. The van der Waals surface area contributed by atoms with Crippen LogP contribution in [0.25, 0.3) is 0 Å². The maximum atomic E-state index is 11.9. The Balaban J connectivity index is 1.84. The molecule has 6 heteroatoms. The van der Waals surface area contributed by atoms with Crippen LogP contribution in [0.3, 0.4) is 0 Å². The van der Waals surface area contributed by atoms with Crippen molar-refractivity contribution < 1.29 is 14.1 Å². The quantitative estimate of drug-likeness (QED) is 0.743. The molecule has 2 unspecified atom stereocenters. The summed E-state index contributed by atoms with van der Waals surface area (Å²) < 4.78 is 11.3. The molecule has 1 aromatic rings. The highest BCUT2D eigenvalue weighted by molar-refractivity contribution is 7.84. The number of hydrogen-bond donors (Lipinski definition) is 3. The number of aliphatic hydroxyl groups excluding tert-OH is 1. The van der Waals surface area contributed by atoms with Gasteiger partial charge in [-0.25, -0.2) is 4.79 Å². The molecule has 0 bridgehead atoms. The molecule has 0 heterocycles. The number of carbonyl (C=O) groups excluding carboxylic acids is 1. The predicted molar refractivity (Wildman–Crippen MR) is 82.4 cm³/mol. The summed E-state index contributed by atoms with van der Waals surface area (Å²) in [5.41, 5.74) is 0.407. The molecule has 1 aliphatic carbocycles. The van der Waals surface area contributed by atoms with Gasteiger partial charge in [0.25, 0.3) is 0 Å². The zero-order valence-electron chi connectivity index (χ0n) is 12.4. The Morgan fingerprint density at radius 1 is 1.38 bits per heavy atom. The van der Waals surface area contributed by atoms with Crippen LogP contribution in [0.1, 0.15) is 25.3 Å². The van der Waals surface area contributed by atoms with E-state index in [9.17, 15) is 14.1 Å². The first-order chi connectivity index (χ1) is 9.94. The fourth-order valence-electron chi connectivity index (χ4n) is 2.28. The molecule has 1 aromatic carbocycles. The maximum Gasteiger partial charge on any atom is 0.315 e. The average Bonchev–Trinajstić information content (AvgIpc) is 3.30. The van der Waals surface area contributed by atoms with Crippen molar-refractivity contribution in [2.24, 2.45) is 5.92 Å². The highest BCUT2D eigenvalue weighted by atomic mass is 32.2. The highest BCUT2D eigenvalue weighted by Gasteiger charge is 2.42. The van der Waals surface area contributed by atoms with Crippen molar-refractivity contribution in [3.05, 3.63) is 29.8 Å². The first kappa shape index (κ1) is 16.0. The molecule has 2 rings (SSSR count). The fourth-order valence-corrected chi connectivity index (χ4v) is 2.80. The number of benzene rings is 1. The van der Waals surface area contributed by atoms with Gasteiger partial charge in [-0.05, 0) is 43.4 Å². The number of rotatable bonds is 6. The zero-order chi connectivity index (χ0) is 15.5. The van der Waals surface area contributed by atoms with Gasteiger partial charge in [0, 0.05) is 28.5 Å². The predicted octanol–water partition coefficient (Wildman–Crippen LogP) is 1.38. The van der Waals surface area contributed by atoms with Gasteiger partial charge in [0.15, 0.2) is 0 Å². The number of amides is 2. The number of aliphatic hydroxyl groups is 1. The van der Waals surface area contributed by atoms with Gasteiger partial charge in [-0.15, -0.1) is 0 Å². The summed E-state index contributed by atoms with van der Waals surface area (Å²) in [7, 11) is -0.990. The third kappa shape index (κ3) is 4.28. The summed E-state index contributed by atoms with van der Waals surface area (Å²) in [5, 5.41) is 15.1. The van der Waals surface area contributed by atoms with Crippen LogP contribution in [-0.2, 0) is 17.3 Å². The standard InChI is InChI=1S/C15H22N2O3S/c1-15(10-18,12-5-6-12)17-14(19)16-9-11-3-7-13(8-4-11)21(2)20/h3-4,7-8,12,18H,5-6,9-10H2,1-2H3,(H2,16,17,19). The molecule has 0 spiro atoms. The van der Waals surface area contributed by atoms with Crippen molar-refractivity contribution in [1.82, 2.24) is 10.6 Å². The Morgan fingerprint density at radius 2 is 2.00 bits per heavy atom. The lowest BCUT2D eigenvalue weighted by molar-refractivity contribution is 0.155. The molecular weight excluding hydrogens is 288 g/mol. The number of hydrogen-bond acceptors (Lipinski definition) is 3. The molecule has 1 fully saturated rings. The molecule has 1 aliphatic rings. The van der Waals surface area contributed by atoms with E-state index in [-0.39, 0.29) is 12.6 Å². The van der Waals surface area contributed by atoms with E-state index in [0.717, 1.165) is 23.3 Å². The Bertz CT molecular complexity index is 528. The van der Waals surface area contributed by atoms with Crippen LogP contribution in [-0.4, -0.2) is 33.7 Å². The Kier molecular flexibility index (Phi) is 5.00. The van der Waals surface area contributed by atoms with Gasteiger partial charge >= 0.3 is 6.03 Å². The topological polar surface area (TPSA) is 78.4 Å². The Morgan fingerprint density at radius 3 is 2.48 bits per heavy atom. The van der Waals surface area contributed by atoms with Crippen LogP contribution in [0, 0.1) is 5.92 Å². The van der Waals surface area contributed by atoms with E-state index in [1.165, 1.54) is 0 Å². The van der Waals surface area contributed by atoms with Crippen LogP contribution >= 0.6 is 0 Å². The largest absolute Gasteiger partial charge is 0.394 e. The van der Waals surface area contributed by atoms with Gasteiger partial charge in [0.2, 0.25) is 0 Å². The number of urea groups is 1. The van der Waals surface area contributed by atoms with Gasteiger partial charge in [0.1, 0.15) is 0 Å². The van der Waals surface area contributed by atoms with Crippen LogP contribution in [0.2, 0.25) is 0 Å². The fraction of sp³-hybridized carbons (Fsp3) is 0.533.